The molecule has 0 saturated carbocycles. The Morgan fingerprint density at radius 2 is 1.91 bits per heavy atom. The largest absolute Gasteiger partial charge is 0.467 e. The van der Waals surface area contributed by atoms with Crippen LogP contribution in [0.1, 0.15) is 39.8 Å². The zero-order valence-electron chi connectivity index (χ0n) is 18.5. The van der Waals surface area contributed by atoms with Crippen LogP contribution >= 0.6 is 23.2 Å². The minimum Gasteiger partial charge on any atom is -0.467 e. The molecule has 35 heavy (non-hydrogen) atoms. The van der Waals surface area contributed by atoms with E-state index in [4.69, 9.17) is 27.9 Å². The van der Waals surface area contributed by atoms with Crippen LogP contribution in [0, 0.1) is 6.92 Å². The molecule has 2 N–H and O–H groups in total. The highest BCUT2D eigenvalue weighted by atomic mass is 35.5. The quantitative estimate of drug-likeness (QED) is 0.417. The van der Waals surface area contributed by atoms with Crippen molar-refractivity contribution in [3.05, 3.63) is 63.4 Å². The van der Waals surface area contributed by atoms with E-state index in [2.05, 4.69) is 20.7 Å². The number of alkyl halides is 3. The average Bonchev–Trinajstić information content (AvgIpc) is 3.21. The standard InChI is InChI=1S/C22H20Cl2F3N5O3/c1-3-6-29-20(33)14-9-13(23)8-12(2)18(14)30-21(34)16-10-17(35-11-22(25,26)27)31-32(16)19-15(24)5-4-7-28-19/h4-5,7-10H,3,6,11H2,1-2H3,(H,29,33)(H,30,34). The molecule has 0 aliphatic heterocycles. The van der Waals surface area contributed by atoms with Crippen molar-refractivity contribution in [2.75, 3.05) is 18.5 Å². The fraction of sp³-hybridized carbons (Fsp3) is 0.273. The van der Waals surface area contributed by atoms with Gasteiger partial charge in [0, 0.05) is 23.8 Å². The van der Waals surface area contributed by atoms with E-state index < -0.39 is 30.5 Å². The van der Waals surface area contributed by atoms with Gasteiger partial charge < -0.3 is 15.4 Å². The number of hydrogen-bond acceptors (Lipinski definition) is 5. The second kappa shape index (κ2) is 11.0. The van der Waals surface area contributed by atoms with Gasteiger partial charge in [-0.3, -0.25) is 9.59 Å². The van der Waals surface area contributed by atoms with E-state index in [1.807, 2.05) is 6.92 Å². The number of nitrogens with one attached hydrogen (secondary N) is 2. The summed E-state index contributed by atoms with van der Waals surface area (Å²) in [5.41, 5.74) is 0.554. The molecule has 0 saturated heterocycles. The van der Waals surface area contributed by atoms with Crippen molar-refractivity contribution in [2.24, 2.45) is 0 Å². The fourth-order valence-corrected chi connectivity index (χ4v) is 3.52. The van der Waals surface area contributed by atoms with Crippen LogP contribution in [0.15, 0.2) is 36.5 Å². The Labute approximate surface area is 208 Å². The third-order valence-corrected chi connectivity index (χ3v) is 5.08. The SMILES string of the molecule is CCCNC(=O)c1cc(Cl)cc(C)c1NC(=O)c1cc(OCC(F)(F)F)nn1-c1ncccc1Cl. The van der Waals surface area contributed by atoms with E-state index >= 15 is 0 Å². The summed E-state index contributed by atoms with van der Waals surface area (Å²) in [7, 11) is 0. The normalized spacial score (nSPS) is 11.3. The molecule has 0 aliphatic rings. The van der Waals surface area contributed by atoms with Crippen molar-refractivity contribution in [1.29, 1.82) is 0 Å². The second-order valence-corrected chi connectivity index (χ2v) is 8.19. The van der Waals surface area contributed by atoms with E-state index in [-0.39, 0.29) is 32.8 Å². The summed E-state index contributed by atoms with van der Waals surface area (Å²) >= 11 is 12.3. The molecule has 0 bridgehead atoms. The van der Waals surface area contributed by atoms with Crippen LogP contribution in [0.25, 0.3) is 5.82 Å². The number of pyridine rings is 1. The van der Waals surface area contributed by atoms with Gasteiger partial charge in [-0.25, -0.2) is 9.67 Å². The lowest BCUT2D eigenvalue weighted by Crippen LogP contribution is -2.26. The summed E-state index contributed by atoms with van der Waals surface area (Å²) in [5.74, 6) is -1.72. The number of carbonyl (C=O) groups is 2. The minimum absolute atomic E-state index is 0.00471. The molecule has 13 heteroatoms. The number of aryl methyl sites for hydroxylation is 1. The molecule has 3 rings (SSSR count). The van der Waals surface area contributed by atoms with Crippen molar-refractivity contribution in [3.63, 3.8) is 0 Å². The Morgan fingerprint density at radius 3 is 2.57 bits per heavy atom. The zero-order chi connectivity index (χ0) is 25.8. The summed E-state index contributed by atoms with van der Waals surface area (Å²) in [6.45, 7) is 2.32. The van der Waals surface area contributed by atoms with E-state index in [0.29, 0.717) is 18.5 Å². The van der Waals surface area contributed by atoms with Gasteiger partial charge in [0.05, 0.1) is 16.3 Å². The number of amides is 2. The second-order valence-electron chi connectivity index (χ2n) is 7.35. The molecule has 1 aromatic carbocycles. The summed E-state index contributed by atoms with van der Waals surface area (Å²) in [6, 6.07) is 6.99. The monoisotopic (exact) mass is 529 g/mol. The van der Waals surface area contributed by atoms with E-state index in [1.54, 1.807) is 13.0 Å². The number of benzene rings is 1. The summed E-state index contributed by atoms with van der Waals surface area (Å²) in [5, 5.41) is 9.65. The zero-order valence-corrected chi connectivity index (χ0v) is 20.1. The summed E-state index contributed by atoms with van der Waals surface area (Å²) in [6.07, 6.45) is -2.55. The van der Waals surface area contributed by atoms with Crippen LogP contribution in [-0.2, 0) is 0 Å². The Hall–Kier alpha value is -3.31. The van der Waals surface area contributed by atoms with Crippen molar-refractivity contribution in [3.8, 4) is 11.7 Å². The first-order chi connectivity index (χ1) is 16.5. The van der Waals surface area contributed by atoms with E-state index in [9.17, 15) is 22.8 Å². The van der Waals surface area contributed by atoms with E-state index in [1.165, 1.54) is 24.4 Å². The first-order valence-corrected chi connectivity index (χ1v) is 11.1. The molecule has 0 aliphatic carbocycles. The number of nitrogens with zero attached hydrogens (tertiary/aromatic N) is 3. The van der Waals surface area contributed by atoms with Crippen LogP contribution in [-0.4, -0.2) is 45.9 Å². The van der Waals surface area contributed by atoms with Crippen molar-refractivity contribution in [2.45, 2.75) is 26.4 Å². The van der Waals surface area contributed by atoms with Gasteiger partial charge in [-0.05, 0) is 43.2 Å². The highest BCUT2D eigenvalue weighted by Crippen LogP contribution is 2.28. The lowest BCUT2D eigenvalue weighted by Gasteiger charge is -2.15. The maximum atomic E-state index is 13.3. The third-order valence-electron chi connectivity index (χ3n) is 4.56. The molecule has 8 nitrogen and oxygen atoms in total. The van der Waals surface area contributed by atoms with Crippen LogP contribution < -0.4 is 15.4 Å². The molecule has 2 aromatic heterocycles. The Kier molecular flexibility index (Phi) is 8.23. The smallest absolute Gasteiger partial charge is 0.422 e. The van der Waals surface area contributed by atoms with Crippen LogP contribution in [0.4, 0.5) is 18.9 Å². The highest BCUT2D eigenvalue weighted by Gasteiger charge is 2.30. The first-order valence-electron chi connectivity index (χ1n) is 10.3. The van der Waals surface area contributed by atoms with Crippen LogP contribution in [0.5, 0.6) is 5.88 Å². The number of aromatic nitrogens is 3. The molecule has 2 heterocycles. The summed E-state index contributed by atoms with van der Waals surface area (Å²) < 4.78 is 43.6. The highest BCUT2D eigenvalue weighted by molar-refractivity contribution is 6.32. The first kappa shape index (κ1) is 26.3. The number of ether oxygens (including phenoxy) is 1. The maximum absolute atomic E-state index is 13.3. The number of halogens is 5. The lowest BCUT2D eigenvalue weighted by molar-refractivity contribution is -0.154. The van der Waals surface area contributed by atoms with Gasteiger partial charge >= 0.3 is 6.18 Å². The fourth-order valence-electron chi connectivity index (χ4n) is 3.04. The van der Waals surface area contributed by atoms with Crippen molar-refractivity contribution in [1.82, 2.24) is 20.1 Å². The maximum Gasteiger partial charge on any atom is 0.422 e. The molecule has 0 fully saturated rings. The van der Waals surface area contributed by atoms with Crippen molar-refractivity contribution >= 4 is 40.7 Å². The van der Waals surface area contributed by atoms with Gasteiger partial charge in [-0.1, -0.05) is 30.1 Å². The number of carbonyl (C=O) groups excluding carboxylic acids is 2. The third kappa shape index (κ3) is 6.64. The lowest BCUT2D eigenvalue weighted by atomic mass is 10.1. The van der Waals surface area contributed by atoms with Gasteiger partial charge in [0.25, 0.3) is 11.8 Å². The molecule has 0 spiro atoms. The van der Waals surface area contributed by atoms with Crippen molar-refractivity contribution < 1.29 is 27.5 Å². The molecule has 0 radical (unpaired) electrons. The predicted octanol–water partition coefficient (Wildman–Crippen LogP) is 5.22. The van der Waals surface area contributed by atoms with Gasteiger partial charge in [0.1, 0.15) is 5.69 Å². The molecule has 3 aromatic rings. The number of anilines is 1. The van der Waals surface area contributed by atoms with Gasteiger partial charge in [-0.15, -0.1) is 5.10 Å². The predicted molar refractivity (Wildman–Crippen MR) is 125 cm³/mol. The van der Waals surface area contributed by atoms with Crippen LogP contribution in [0.2, 0.25) is 10.0 Å². The Bertz CT molecular complexity index is 1250. The van der Waals surface area contributed by atoms with Gasteiger partial charge in [-0.2, -0.15) is 13.2 Å². The van der Waals surface area contributed by atoms with Gasteiger partial charge in [0.2, 0.25) is 5.88 Å². The van der Waals surface area contributed by atoms with Gasteiger partial charge in [0.15, 0.2) is 12.4 Å². The minimum atomic E-state index is -4.62. The topological polar surface area (TPSA) is 98.1 Å². The number of rotatable bonds is 8. The summed E-state index contributed by atoms with van der Waals surface area (Å²) in [4.78, 5) is 30.0. The molecule has 186 valence electrons. The van der Waals surface area contributed by atoms with Crippen LogP contribution in [0.3, 0.4) is 0 Å². The van der Waals surface area contributed by atoms with E-state index in [0.717, 1.165) is 10.7 Å². The average molecular weight is 530 g/mol. The molecular formula is C22H20Cl2F3N5O3. The molecule has 0 unspecified atom stereocenters. The molecule has 0 atom stereocenters. The molecule has 2 amide bonds. The number of hydrogen-bond donors (Lipinski definition) is 2. The Balaban J connectivity index is 2.02. The Morgan fingerprint density at radius 1 is 1.17 bits per heavy atom. The molecular weight excluding hydrogens is 510 g/mol.